The van der Waals surface area contributed by atoms with Gasteiger partial charge in [-0.2, -0.15) is 0 Å². The normalized spacial score (nSPS) is 21.8. The molecular formula is C21H27N5O4. The Morgan fingerprint density at radius 1 is 1.17 bits per heavy atom. The highest BCUT2D eigenvalue weighted by Gasteiger charge is 2.34. The van der Waals surface area contributed by atoms with E-state index in [-0.39, 0.29) is 35.0 Å². The van der Waals surface area contributed by atoms with E-state index in [1.165, 1.54) is 0 Å². The minimum Gasteiger partial charge on any atom is -0.430 e. The summed E-state index contributed by atoms with van der Waals surface area (Å²) in [4.78, 5) is 45.5. The van der Waals surface area contributed by atoms with Crippen molar-refractivity contribution in [2.24, 2.45) is 17.6 Å². The van der Waals surface area contributed by atoms with E-state index in [0.717, 1.165) is 38.0 Å². The fraction of sp³-hybridized carbons (Fsp3) is 0.524. The molecule has 4 heterocycles. The topological polar surface area (TPSA) is 122 Å². The predicted octanol–water partition coefficient (Wildman–Crippen LogP) is 2.35. The Hall–Kier alpha value is -3.10. The zero-order valence-electron chi connectivity index (χ0n) is 17.3. The number of rotatable bonds is 3. The molecular weight excluding hydrogens is 386 g/mol. The molecule has 3 N–H and O–H groups in total. The number of pyridine rings is 1. The highest BCUT2D eigenvalue weighted by atomic mass is 16.4. The van der Waals surface area contributed by atoms with Gasteiger partial charge < -0.3 is 25.3 Å². The first-order valence-corrected chi connectivity index (χ1v) is 10.4. The second-order valence-electron chi connectivity index (χ2n) is 8.37. The van der Waals surface area contributed by atoms with Crippen LogP contribution in [-0.4, -0.2) is 58.8 Å². The standard InChI is InChI=1S/C21H27N5O4/c1-12-7-9-25(10-12)20(28)14-4-3-8-26(11-14)21(29)24-16-15-6-5-13(2)23-19(15)30-17(16)18(22)27/h5-6,12,14H,3-4,7-11H2,1-2H3,(H2,22,27)(H,24,29). The Kier molecular flexibility index (Phi) is 5.36. The minimum absolute atomic E-state index is 0.128. The highest BCUT2D eigenvalue weighted by molar-refractivity contribution is 6.09. The van der Waals surface area contributed by atoms with E-state index in [1.807, 2.05) is 4.90 Å². The third-order valence-corrected chi connectivity index (χ3v) is 5.94. The van der Waals surface area contributed by atoms with Crippen molar-refractivity contribution in [3.8, 4) is 0 Å². The average molecular weight is 413 g/mol. The van der Waals surface area contributed by atoms with Gasteiger partial charge in [-0.15, -0.1) is 0 Å². The number of nitrogens with one attached hydrogen (secondary N) is 1. The second-order valence-corrected chi connectivity index (χ2v) is 8.37. The molecule has 4 rings (SSSR count). The molecule has 2 aliphatic rings. The number of nitrogens with zero attached hydrogens (tertiary/aromatic N) is 3. The molecule has 0 radical (unpaired) electrons. The van der Waals surface area contributed by atoms with Crippen molar-refractivity contribution in [2.75, 3.05) is 31.5 Å². The van der Waals surface area contributed by atoms with Gasteiger partial charge in [0.05, 0.1) is 11.3 Å². The average Bonchev–Trinajstić information content (AvgIpc) is 3.31. The second kappa shape index (κ2) is 7.97. The smallest absolute Gasteiger partial charge is 0.321 e. The largest absolute Gasteiger partial charge is 0.430 e. The minimum atomic E-state index is -0.782. The molecule has 30 heavy (non-hydrogen) atoms. The number of aryl methyl sites for hydroxylation is 1. The Morgan fingerprint density at radius 2 is 1.97 bits per heavy atom. The number of piperidine rings is 1. The Morgan fingerprint density at radius 3 is 2.67 bits per heavy atom. The summed E-state index contributed by atoms with van der Waals surface area (Å²) in [5, 5.41) is 3.28. The third kappa shape index (κ3) is 3.83. The Labute approximate surface area is 174 Å². The molecule has 0 saturated carbocycles. The number of primary amides is 1. The lowest BCUT2D eigenvalue weighted by molar-refractivity contribution is -0.135. The van der Waals surface area contributed by atoms with E-state index in [0.29, 0.717) is 24.4 Å². The van der Waals surface area contributed by atoms with Gasteiger partial charge in [0.25, 0.3) is 5.91 Å². The van der Waals surface area contributed by atoms with Crippen molar-refractivity contribution < 1.29 is 18.8 Å². The fourth-order valence-corrected chi connectivity index (χ4v) is 4.31. The summed E-state index contributed by atoms with van der Waals surface area (Å²) < 4.78 is 5.49. The number of nitrogens with two attached hydrogens (primary N) is 1. The molecule has 160 valence electrons. The lowest BCUT2D eigenvalue weighted by atomic mass is 9.97. The van der Waals surface area contributed by atoms with Gasteiger partial charge in [-0.05, 0) is 44.2 Å². The molecule has 9 nitrogen and oxygen atoms in total. The van der Waals surface area contributed by atoms with E-state index in [1.54, 1.807) is 24.0 Å². The highest BCUT2D eigenvalue weighted by Crippen LogP contribution is 2.31. The zero-order chi connectivity index (χ0) is 21.4. The number of fused-ring (bicyclic) bond motifs is 1. The van der Waals surface area contributed by atoms with Crippen LogP contribution in [0.2, 0.25) is 0 Å². The first-order chi connectivity index (χ1) is 14.3. The fourth-order valence-electron chi connectivity index (χ4n) is 4.31. The molecule has 0 aliphatic carbocycles. The summed E-state index contributed by atoms with van der Waals surface area (Å²) in [6.07, 6.45) is 2.56. The first-order valence-electron chi connectivity index (χ1n) is 10.4. The van der Waals surface area contributed by atoms with Crippen LogP contribution in [0.25, 0.3) is 11.1 Å². The van der Waals surface area contributed by atoms with Gasteiger partial charge in [-0.25, -0.2) is 9.78 Å². The number of likely N-dealkylation sites (tertiary alicyclic amines) is 2. The summed E-state index contributed by atoms with van der Waals surface area (Å²) in [7, 11) is 0. The molecule has 2 unspecified atom stereocenters. The van der Waals surface area contributed by atoms with Crippen LogP contribution in [0.3, 0.4) is 0 Å². The van der Waals surface area contributed by atoms with Gasteiger partial charge in [-0.3, -0.25) is 9.59 Å². The number of urea groups is 1. The van der Waals surface area contributed by atoms with Gasteiger partial charge in [0.2, 0.25) is 17.4 Å². The van der Waals surface area contributed by atoms with Crippen molar-refractivity contribution in [2.45, 2.75) is 33.1 Å². The molecule has 2 aromatic heterocycles. The molecule has 0 bridgehead atoms. The molecule has 2 fully saturated rings. The van der Waals surface area contributed by atoms with Crippen LogP contribution in [0.4, 0.5) is 10.5 Å². The van der Waals surface area contributed by atoms with Crippen molar-refractivity contribution in [3.05, 3.63) is 23.6 Å². The van der Waals surface area contributed by atoms with Gasteiger partial charge >= 0.3 is 6.03 Å². The maximum Gasteiger partial charge on any atom is 0.321 e. The van der Waals surface area contributed by atoms with Crippen LogP contribution in [-0.2, 0) is 4.79 Å². The number of anilines is 1. The molecule has 4 amide bonds. The maximum atomic E-state index is 13.0. The number of hydrogen-bond donors (Lipinski definition) is 2. The van der Waals surface area contributed by atoms with Crippen molar-refractivity contribution in [3.63, 3.8) is 0 Å². The van der Waals surface area contributed by atoms with E-state index in [2.05, 4.69) is 17.2 Å². The molecule has 9 heteroatoms. The SMILES string of the molecule is Cc1ccc2c(NC(=O)N3CCCC(C(=O)N4CCC(C)C4)C3)c(C(N)=O)oc2n1. The van der Waals surface area contributed by atoms with E-state index < -0.39 is 5.91 Å². The maximum absolute atomic E-state index is 13.0. The molecule has 0 spiro atoms. The number of hydrogen-bond acceptors (Lipinski definition) is 5. The number of amides is 4. The number of carbonyl (C=O) groups is 3. The first kappa shape index (κ1) is 20.2. The number of aromatic nitrogens is 1. The van der Waals surface area contributed by atoms with Gasteiger partial charge in [-0.1, -0.05) is 6.92 Å². The Balaban J connectivity index is 1.50. The summed E-state index contributed by atoms with van der Waals surface area (Å²) in [6.45, 7) is 6.43. The van der Waals surface area contributed by atoms with Crippen LogP contribution in [0.5, 0.6) is 0 Å². The number of carbonyl (C=O) groups excluding carboxylic acids is 3. The van der Waals surface area contributed by atoms with Crippen LogP contribution < -0.4 is 11.1 Å². The monoisotopic (exact) mass is 413 g/mol. The quantitative estimate of drug-likeness (QED) is 0.800. The summed E-state index contributed by atoms with van der Waals surface area (Å²) in [5.74, 6) is -0.461. The molecule has 2 saturated heterocycles. The van der Waals surface area contributed by atoms with Crippen LogP contribution in [0, 0.1) is 18.8 Å². The van der Waals surface area contributed by atoms with Gasteiger partial charge in [0.15, 0.2) is 0 Å². The number of furan rings is 1. The lowest BCUT2D eigenvalue weighted by Crippen LogP contribution is -2.47. The zero-order valence-corrected chi connectivity index (χ0v) is 17.3. The van der Waals surface area contributed by atoms with E-state index >= 15 is 0 Å². The van der Waals surface area contributed by atoms with Crippen molar-refractivity contribution >= 4 is 34.6 Å². The molecule has 0 aromatic carbocycles. The predicted molar refractivity (Wildman–Crippen MR) is 111 cm³/mol. The van der Waals surface area contributed by atoms with Gasteiger partial charge in [0, 0.05) is 31.9 Å². The van der Waals surface area contributed by atoms with Crippen molar-refractivity contribution in [1.29, 1.82) is 0 Å². The lowest BCUT2D eigenvalue weighted by Gasteiger charge is -2.34. The molecule has 2 atom stereocenters. The summed E-state index contributed by atoms with van der Waals surface area (Å²) >= 11 is 0. The van der Waals surface area contributed by atoms with E-state index in [4.69, 9.17) is 10.2 Å². The van der Waals surface area contributed by atoms with Crippen LogP contribution in [0.1, 0.15) is 42.4 Å². The molecule has 2 aromatic rings. The van der Waals surface area contributed by atoms with Crippen molar-refractivity contribution in [1.82, 2.24) is 14.8 Å². The van der Waals surface area contributed by atoms with Crippen LogP contribution in [0.15, 0.2) is 16.5 Å². The third-order valence-electron chi connectivity index (χ3n) is 5.94. The van der Waals surface area contributed by atoms with E-state index in [9.17, 15) is 14.4 Å². The van der Waals surface area contributed by atoms with Gasteiger partial charge in [0.1, 0.15) is 5.69 Å². The molecule has 2 aliphatic heterocycles. The van der Waals surface area contributed by atoms with Crippen LogP contribution >= 0.6 is 0 Å². The Bertz CT molecular complexity index is 1000. The summed E-state index contributed by atoms with van der Waals surface area (Å²) in [6, 6.07) is 3.12. The summed E-state index contributed by atoms with van der Waals surface area (Å²) in [5.41, 5.74) is 6.62.